The van der Waals surface area contributed by atoms with Gasteiger partial charge in [0, 0.05) is 12.6 Å². The van der Waals surface area contributed by atoms with Crippen LogP contribution in [0.4, 0.5) is 0 Å². The Morgan fingerprint density at radius 3 is 1.80 bits per heavy atom. The number of rotatable bonds is 4. The smallest absolute Gasteiger partial charge is 0.541 e. The molecule has 86 valence electrons. The molecule has 12 heteroatoms. The van der Waals surface area contributed by atoms with E-state index in [-0.39, 0.29) is 7.43 Å². The van der Waals surface area contributed by atoms with Gasteiger partial charge in [0.25, 0.3) is 0 Å². The van der Waals surface area contributed by atoms with Gasteiger partial charge in [-0.1, -0.05) is 0 Å². The zero-order valence-corrected chi connectivity index (χ0v) is 7.67. The van der Waals surface area contributed by atoms with Gasteiger partial charge in [0.15, 0.2) is 0 Å². The minimum Gasteiger partial charge on any atom is -0.739 e. The molecule has 0 aromatic rings. The van der Waals surface area contributed by atoms with Gasteiger partial charge in [-0.05, 0) is 20.3 Å². The van der Waals surface area contributed by atoms with E-state index in [1.54, 1.807) is 15.8 Å². The molecule has 15 heavy (non-hydrogen) atoms. The summed E-state index contributed by atoms with van der Waals surface area (Å²) in [4.78, 5) is 7.89. The fourth-order valence-electron chi connectivity index (χ4n) is 0.458. The third-order valence-electron chi connectivity index (χ3n) is 1.33. The predicted octanol–water partition coefficient (Wildman–Crippen LogP) is 0.404. The lowest BCUT2D eigenvalue weighted by Gasteiger charge is -2.23. The first-order valence-electron chi connectivity index (χ1n) is 2.88. The molecular formula is C3H7N6O6-. The second-order valence-electron chi connectivity index (χ2n) is 2.05. The highest BCUT2D eigenvalue weighted by molar-refractivity contribution is 4.50. The van der Waals surface area contributed by atoms with Crippen LogP contribution in [0, 0.1) is 33.2 Å². The highest BCUT2D eigenvalue weighted by Crippen LogP contribution is 2.16. The van der Waals surface area contributed by atoms with E-state index in [4.69, 9.17) is 5.21 Å². The van der Waals surface area contributed by atoms with Crippen LogP contribution in [0.15, 0.2) is 15.8 Å². The van der Waals surface area contributed by atoms with Gasteiger partial charge in [-0.15, -0.1) is 4.91 Å². The highest BCUT2D eigenvalue weighted by Gasteiger charge is 2.54. The third-order valence-corrected chi connectivity index (χ3v) is 1.33. The molecule has 0 aromatic carbocycles. The van der Waals surface area contributed by atoms with Crippen molar-refractivity contribution < 1.29 is 14.9 Å². The molecule has 0 aromatic heterocycles. The normalized spacial score (nSPS) is 16.1. The first-order valence-corrected chi connectivity index (χ1v) is 2.88. The quantitative estimate of drug-likeness (QED) is 0.179. The van der Waals surface area contributed by atoms with Crippen LogP contribution >= 0.6 is 0 Å². The molecule has 0 rings (SSSR count). The zero-order valence-electron chi connectivity index (χ0n) is 7.67. The molecule has 0 spiro atoms. The molecule has 0 aliphatic rings. The molecule has 0 bridgehead atoms. The average Bonchev–Trinajstić information content (AvgIpc) is 2.24. The van der Waals surface area contributed by atoms with Gasteiger partial charge in [-0.3, -0.25) is 5.21 Å². The monoisotopic (exact) mass is 223 g/mol. The van der Waals surface area contributed by atoms with Gasteiger partial charge in [0.05, 0.1) is 5.29 Å². The summed E-state index contributed by atoms with van der Waals surface area (Å²) in [5, 5.41) is 53.8. The van der Waals surface area contributed by atoms with E-state index in [2.05, 4.69) is 0 Å². The Bertz CT molecular complexity index is 258. The fraction of sp³-hybridized carbons (Fsp3) is 0.667. The van der Waals surface area contributed by atoms with Crippen molar-refractivity contribution in [1.29, 1.82) is 0 Å². The van der Waals surface area contributed by atoms with E-state index in [0.717, 1.165) is 0 Å². The lowest BCUT2D eigenvalue weighted by molar-refractivity contribution is -0.866. The maximum absolute atomic E-state index is 10.6. The average molecular weight is 223 g/mol. The van der Waals surface area contributed by atoms with Gasteiger partial charge in [0.2, 0.25) is 0 Å². The van der Waals surface area contributed by atoms with Crippen LogP contribution in [0.5, 0.6) is 0 Å². The summed E-state index contributed by atoms with van der Waals surface area (Å²) >= 11 is 0. The van der Waals surface area contributed by atoms with Crippen LogP contribution in [-0.4, -0.2) is 25.9 Å². The Kier molecular flexibility index (Phi) is 5.42. The minimum absolute atomic E-state index is 0. The van der Waals surface area contributed by atoms with Crippen LogP contribution < -0.4 is 0 Å². The first kappa shape index (κ1) is 15.1. The second-order valence-corrected chi connectivity index (χ2v) is 2.05. The number of nitrogens with zero attached hydrogens (tertiary/aromatic N) is 6. The van der Waals surface area contributed by atoms with E-state index in [1.165, 1.54) is 0 Å². The molecule has 12 nitrogen and oxygen atoms in total. The number of hydrogen-bond acceptors (Lipinski definition) is 9. The van der Waals surface area contributed by atoms with Crippen molar-refractivity contribution in [3.8, 4) is 0 Å². The van der Waals surface area contributed by atoms with Gasteiger partial charge in [-0.25, -0.2) is 0 Å². The van der Waals surface area contributed by atoms with Crippen molar-refractivity contribution in [3.63, 3.8) is 0 Å². The van der Waals surface area contributed by atoms with Crippen LogP contribution in [0.2, 0.25) is 0 Å². The van der Waals surface area contributed by atoms with E-state index in [0.29, 0.717) is 6.92 Å². The molecule has 0 radical (unpaired) electrons. The molecule has 0 heterocycles. The number of hydrogen-bond donors (Lipinski definition) is 1. The van der Waals surface area contributed by atoms with Crippen LogP contribution in [0.3, 0.4) is 0 Å². The highest BCUT2D eigenvalue weighted by atomic mass is 16.7. The lowest BCUT2D eigenvalue weighted by atomic mass is 10.4. The van der Waals surface area contributed by atoms with Crippen molar-refractivity contribution in [3.05, 3.63) is 33.2 Å². The molecule has 1 atom stereocenters. The van der Waals surface area contributed by atoms with Crippen molar-refractivity contribution in [2.75, 3.05) is 0 Å². The minimum atomic E-state index is -2.97. The summed E-state index contributed by atoms with van der Waals surface area (Å²) in [6, 6.07) is 0. The topological polar surface area (TPSA) is 176 Å². The van der Waals surface area contributed by atoms with E-state index in [9.17, 15) is 25.7 Å². The molecule has 0 amide bonds. The Hall–Kier alpha value is -2.37. The molecule has 0 aliphatic heterocycles. The summed E-state index contributed by atoms with van der Waals surface area (Å²) in [5.41, 5.74) is 0. The Morgan fingerprint density at radius 2 is 1.60 bits per heavy atom. The van der Waals surface area contributed by atoms with E-state index >= 15 is 0 Å². The summed E-state index contributed by atoms with van der Waals surface area (Å²) in [6.07, 6.45) is 0. The Balaban J connectivity index is 0. The molecule has 0 fully saturated rings. The largest absolute Gasteiger partial charge is 0.739 e. The number of nitroso groups, excluding NO2 is 1. The van der Waals surface area contributed by atoms with Crippen molar-refractivity contribution in [1.82, 2.24) is 5.17 Å². The molecule has 1 N–H and O–H groups in total. The SMILES string of the molecule is CC(N(O)N=O)(/[N+]([O-])=N/[O-])/[N+]([O-])=N\[O-].[CH3+]. The van der Waals surface area contributed by atoms with Crippen molar-refractivity contribution >= 4 is 0 Å². The molecule has 0 aliphatic carbocycles. The molecule has 0 saturated carbocycles. The first-order chi connectivity index (χ1) is 6.44. The maximum atomic E-state index is 10.6. The third kappa shape index (κ3) is 2.31. The standard InChI is InChI=1S/C2H6N6O6.CH3/c1-2(6(12)3-9,7(13)4-10)8(14)5-11;/h9-10,14H,1H3;1H3/q;+1/p-2/b6-3-,7-4+;. The molecule has 1 unspecified atom stereocenters. The van der Waals surface area contributed by atoms with Crippen LogP contribution in [-0.2, 0) is 0 Å². The summed E-state index contributed by atoms with van der Waals surface area (Å²) < 4.78 is 0. The van der Waals surface area contributed by atoms with Crippen molar-refractivity contribution in [2.45, 2.75) is 12.7 Å². The van der Waals surface area contributed by atoms with Crippen LogP contribution in [0.1, 0.15) is 6.92 Å². The van der Waals surface area contributed by atoms with Crippen molar-refractivity contribution in [2.24, 2.45) is 15.8 Å². The van der Waals surface area contributed by atoms with E-state index in [1.807, 2.05) is 0 Å². The second kappa shape index (κ2) is 5.38. The van der Waals surface area contributed by atoms with Gasteiger partial charge in [-0.2, -0.15) is 0 Å². The lowest BCUT2D eigenvalue weighted by Crippen LogP contribution is -2.54. The van der Waals surface area contributed by atoms with Gasteiger partial charge < -0.3 is 20.8 Å². The molecule has 0 saturated heterocycles. The molecular weight excluding hydrogens is 216 g/mol. The Morgan fingerprint density at radius 1 is 1.27 bits per heavy atom. The summed E-state index contributed by atoms with van der Waals surface area (Å²) in [6.45, 7) is 0.525. The Labute approximate surface area is 83.0 Å². The van der Waals surface area contributed by atoms with Gasteiger partial charge >= 0.3 is 5.79 Å². The summed E-state index contributed by atoms with van der Waals surface area (Å²) in [7, 11) is 0. The summed E-state index contributed by atoms with van der Waals surface area (Å²) in [5.74, 6) is -2.97. The predicted molar refractivity (Wildman–Crippen MR) is 43.1 cm³/mol. The maximum Gasteiger partial charge on any atom is 0.541 e. The fourth-order valence-corrected chi connectivity index (χ4v) is 0.458. The van der Waals surface area contributed by atoms with E-state index < -0.39 is 20.7 Å². The number of hydroxylamine groups is 3. The van der Waals surface area contributed by atoms with Crippen LogP contribution in [0.25, 0.3) is 0 Å². The zero-order chi connectivity index (χ0) is 11.4. The van der Waals surface area contributed by atoms with Gasteiger partial charge in [0.1, 0.15) is 6.92 Å².